The van der Waals surface area contributed by atoms with Crippen molar-refractivity contribution in [2.75, 3.05) is 6.61 Å². The standard InChI is InChI=1S/C33H35NO3/c1-2-36-32(35)13-9-23-8-11-30(34-21-23)28-10-12-31(37-22-24-6-4-3-5-7-24)29(17-28)33-18-25-14-26(19-33)16-27(15-25)20-33/h3-13,17,21,25-27H,2,14-16,18-20,22H2,1H3/b13-9+. The fraction of sp³-hybridized carbons (Fsp3) is 0.394. The number of aromatic nitrogens is 1. The summed E-state index contributed by atoms with van der Waals surface area (Å²) in [6, 6.07) is 21.1. The van der Waals surface area contributed by atoms with E-state index in [0.29, 0.717) is 13.2 Å². The van der Waals surface area contributed by atoms with Crippen LogP contribution >= 0.6 is 0 Å². The van der Waals surface area contributed by atoms with Crippen LogP contribution in [0.25, 0.3) is 17.3 Å². The second-order valence-corrected chi connectivity index (χ2v) is 11.2. The molecule has 7 rings (SSSR count). The summed E-state index contributed by atoms with van der Waals surface area (Å²) in [5, 5.41) is 0. The average Bonchev–Trinajstić information content (AvgIpc) is 2.91. The molecule has 0 spiro atoms. The maximum Gasteiger partial charge on any atom is 0.330 e. The van der Waals surface area contributed by atoms with Crippen molar-refractivity contribution in [3.8, 4) is 17.0 Å². The minimum absolute atomic E-state index is 0.221. The Bertz CT molecular complexity index is 1240. The molecule has 1 aromatic heterocycles. The number of ether oxygens (including phenoxy) is 2. The van der Waals surface area contributed by atoms with Gasteiger partial charge < -0.3 is 9.47 Å². The average molecular weight is 494 g/mol. The summed E-state index contributed by atoms with van der Waals surface area (Å²) in [5.74, 6) is 3.28. The molecule has 3 aromatic rings. The van der Waals surface area contributed by atoms with Gasteiger partial charge in [-0.2, -0.15) is 0 Å². The van der Waals surface area contributed by atoms with Crippen molar-refractivity contribution in [3.63, 3.8) is 0 Å². The highest BCUT2D eigenvalue weighted by molar-refractivity contribution is 5.87. The van der Waals surface area contributed by atoms with Gasteiger partial charge in [-0.05, 0) is 110 Å². The Balaban J connectivity index is 1.31. The van der Waals surface area contributed by atoms with E-state index >= 15 is 0 Å². The molecule has 0 saturated heterocycles. The molecule has 1 heterocycles. The lowest BCUT2D eigenvalue weighted by Crippen LogP contribution is -2.48. The lowest BCUT2D eigenvalue weighted by molar-refractivity contribution is -0.137. The van der Waals surface area contributed by atoms with E-state index in [-0.39, 0.29) is 11.4 Å². The normalized spacial score (nSPS) is 25.9. The summed E-state index contributed by atoms with van der Waals surface area (Å²) in [5.41, 5.74) is 5.73. The molecule has 4 aliphatic carbocycles. The summed E-state index contributed by atoms with van der Waals surface area (Å²) in [4.78, 5) is 16.4. The monoisotopic (exact) mass is 493 g/mol. The largest absolute Gasteiger partial charge is 0.489 e. The maximum absolute atomic E-state index is 11.6. The van der Waals surface area contributed by atoms with Crippen molar-refractivity contribution < 1.29 is 14.3 Å². The number of pyridine rings is 1. The Morgan fingerprint density at radius 3 is 2.35 bits per heavy atom. The van der Waals surface area contributed by atoms with Gasteiger partial charge >= 0.3 is 5.97 Å². The van der Waals surface area contributed by atoms with Crippen molar-refractivity contribution in [1.82, 2.24) is 4.98 Å². The minimum Gasteiger partial charge on any atom is -0.489 e. The number of benzene rings is 2. The predicted molar refractivity (Wildman–Crippen MR) is 146 cm³/mol. The maximum atomic E-state index is 11.6. The van der Waals surface area contributed by atoms with Gasteiger partial charge in [-0.25, -0.2) is 4.79 Å². The van der Waals surface area contributed by atoms with Gasteiger partial charge in [0.15, 0.2) is 0 Å². The third-order valence-corrected chi connectivity index (χ3v) is 8.61. The van der Waals surface area contributed by atoms with Crippen LogP contribution in [0.4, 0.5) is 0 Å². The van der Waals surface area contributed by atoms with E-state index in [4.69, 9.17) is 14.5 Å². The summed E-state index contributed by atoms with van der Waals surface area (Å²) in [6.07, 6.45) is 13.1. The first-order chi connectivity index (χ1) is 18.1. The second-order valence-electron chi connectivity index (χ2n) is 11.2. The third kappa shape index (κ3) is 5.07. The van der Waals surface area contributed by atoms with Gasteiger partial charge in [-0.3, -0.25) is 4.98 Å². The lowest BCUT2D eigenvalue weighted by Gasteiger charge is -2.57. The van der Waals surface area contributed by atoms with E-state index in [1.54, 1.807) is 13.0 Å². The van der Waals surface area contributed by atoms with Gasteiger partial charge in [0.2, 0.25) is 0 Å². The molecule has 2 aromatic carbocycles. The Labute approximate surface area is 219 Å². The summed E-state index contributed by atoms with van der Waals surface area (Å²) in [6.45, 7) is 2.76. The number of carbonyl (C=O) groups is 1. The molecule has 4 nitrogen and oxygen atoms in total. The SMILES string of the molecule is CCOC(=O)/C=C/c1ccc(-c2ccc(OCc3ccccc3)c(C34CC5CC(CC(C5)C3)C4)c2)nc1. The molecule has 0 radical (unpaired) electrons. The van der Waals surface area contributed by atoms with Gasteiger partial charge in [-0.1, -0.05) is 36.4 Å². The molecule has 0 unspecified atom stereocenters. The van der Waals surface area contributed by atoms with Gasteiger partial charge in [0, 0.05) is 23.4 Å². The van der Waals surface area contributed by atoms with Crippen LogP contribution in [0.5, 0.6) is 5.75 Å². The topological polar surface area (TPSA) is 48.4 Å². The van der Waals surface area contributed by atoms with E-state index in [1.807, 2.05) is 24.4 Å². The first-order valence-corrected chi connectivity index (χ1v) is 13.7. The van der Waals surface area contributed by atoms with Gasteiger partial charge in [0.1, 0.15) is 12.4 Å². The Kier molecular flexibility index (Phi) is 6.58. The first kappa shape index (κ1) is 24.0. The van der Waals surface area contributed by atoms with Crippen LogP contribution in [-0.2, 0) is 21.6 Å². The van der Waals surface area contributed by atoms with E-state index < -0.39 is 0 Å². The minimum atomic E-state index is -0.335. The zero-order valence-electron chi connectivity index (χ0n) is 21.6. The smallest absolute Gasteiger partial charge is 0.330 e. The Hall–Kier alpha value is -3.40. The van der Waals surface area contributed by atoms with Crippen molar-refractivity contribution in [3.05, 3.63) is 89.6 Å². The van der Waals surface area contributed by atoms with Gasteiger partial charge in [0.25, 0.3) is 0 Å². The van der Waals surface area contributed by atoms with Crippen molar-refractivity contribution in [2.45, 2.75) is 57.5 Å². The molecule has 4 saturated carbocycles. The van der Waals surface area contributed by atoms with Crippen LogP contribution in [0.15, 0.2) is 72.9 Å². The number of nitrogens with zero attached hydrogens (tertiary/aromatic N) is 1. The molecule has 4 bridgehead atoms. The quantitative estimate of drug-likeness (QED) is 0.243. The second kappa shape index (κ2) is 10.2. The van der Waals surface area contributed by atoms with Crippen LogP contribution in [0, 0.1) is 17.8 Å². The molecule has 4 fully saturated rings. The van der Waals surface area contributed by atoms with Crippen LogP contribution in [-0.4, -0.2) is 17.6 Å². The van der Waals surface area contributed by atoms with E-state index in [0.717, 1.165) is 40.3 Å². The number of rotatable bonds is 8. The number of esters is 1. The number of hydrogen-bond donors (Lipinski definition) is 0. The van der Waals surface area contributed by atoms with Crippen molar-refractivity contribution >= 4 is 12.0 Å². The fourth-order valence-corrected chi connectivity index (χ4v) is 7.43. The zero-order chi connectivity index (χ0) is 25.2. The van der Waals surface area contributed by atoms with Gasteiger partial charge in [0.05, 0.1) is 12.3 Å². The van der Waals surface area contributed by atoms with Crippen LogP contribution in [0.3, 0.4) is 0 Å². The molecule has 0 amide bonds. The highest BCUT2D eigenvalue weighted by atomic mass is 16.5. The predicted octanol–water partition coefficient (Wildman–Crippen LogP) is 7.37. The Morgan fingerprint density at radius 2 is 1.70 bits per heavy atom. The fourth-order valence-electron chi connectivity index (χ4n) is 7.43. The number of carbonyl (C=O) groups excluding carboxylic acids is 1. The molecule has 4 aliphatic rings. The molecule has 0 N–H and O–H groups in total. The van der Waals surface area contributed by atoms with Gasteiger partial charge in [-0.15, -0.1) is 0 Å². The summed E-state index contributed by atoms with van der Waals surface area (Å²) >= 11 is 0. The molecule has 0 aliphatic heterocycles. The molecule has 0 atom stereocenters. The highest BCUT2D eigenvalue weighted by Gasteiger charge is 2.52. The summed E-state index contributed by atoms with van der Waals surface area (Å²) < 4.78 is 11.5. The van der Waals surface area contributed by atoms with E-state index in [1.165, 1.54) is 55.7 Å². The van der Waals surface area contributed by atoms with Crippen LogP contribution in [0.2, 0.25) is 0 Å². The van der Waals surface area contributed by atoms with Crippen molar-refractivity contribution in [2.24, 2.45) is 17.8 Å². The highest BCUT2D eigenvalue weighted by Crippen LogP contribution is 2.62. The third-order valence-electron chi connectivity index (χ3n) is 8.61. The molecule has 190 valence electrons. The molecule has 4 heteroatoms. The summed E-state index contributed by atoms with van der Waals surface area (Å²) in [7, 11) is 0. The molecular weight excluding hydrogens is 458 g/mol. The molecular formula is C33H35NO3. The van der Waals surface area contributed by atoms with Crippen molar-refractivity contribution in [1.29, 1.82) is 0 Å². The molecule has 37 heavy (non-hydrogen) atoms. The number of hydrogen-bond acceptors (Lipinski definition) is 4. The first-order valence-electron chi connectivity index (χ1n) is 13.7. The van der Waals surface area contributed by atoms with E-state index in [2.05, 4.69) is 42.5 Å². The zero-order valence-corrected chi connectivity index (χ0v) is 21.6. The van der Waals surface area contributed by atoms with Crippen LogP contribution in [0.1, 0.15) is 62.1 Å². The van der Waals surface area contributed by atoms with E-state index in [9.17, 15) is 4.79 Å². The van der Waals surface area contributed by atoms with Crippen LogP contribution < -0.4 is 4.74 Å². The lowest BCUT2D eigenvalue weighted by atomic mass is 9.48. The Morgan fingerprint density at radius 1 is 0.973 bits per heavy atom.